The molecule has 144 valence electrons. The van der Waals surface area contributed by atoms with Crippen LogP contribution in [0.5, 0.6) is 0 Å². The summed E-state index contributed by atoms with van der Waals surface area (Å²) in [5, 5.41) is 0. The van der Waals surface area contributed by atoms with Gasteiger partial charge < -0.3 is 9.79 Å². The topological polar surface area (TPSA) is 95.1 Å². The van der Waals surface area contributed by atoms with Gasteiger partial charge >= 0.3 is 7.60 Å². The molecule has 3 aromatic rings. The molecule has 2 aromatic carbocycles. The molecule has 0 fully saturated rings. The molecule has 0 aliphatic carbocycles. The Kier molecular flexibility index (Phi) is 4.28. The number of hydrogen-bond donors (Lipinski definition) is 2. The van der Waals surface area contributed by atoms with Crippen LogP contribution in [0.1, 0.15) is 28.1 Å². The quantitative estimate of drug-likeness (QED) is 0.641. The monoisotopic (exact) mass is 403 g/mol. The molecule has 29 heavy (non-hydrogen) atoms. The molecule has 7 heteroatoms. The molecule has 2 N–H and O–H groups in total. The normalized spacial score (nSPS) is 15.0. The number of para-hydroxylation sites is 2. The maximum Gasteiger partial charge on any atom is 0.329 e. The highest BCUT2D eigenvalue weighted by Crippen LogP contribution is 2.40. The van der Waals surface area contributed by atoms with Crippen molar-refractivity contribution in [1.82, 2.24) is 4.98 Å². The summed E-state index contributed by atoms with van der Waals surface area (Å²) in [6, 6.07) is 19.3. The van der Waals surface area contributed by atoms with Gasteiger partial charge in [-0.3, -0.25) is 14.5 Å². The average molecular weight is 403 g/mol. The fraction of sp³-hybridized carbons (Fsp3) is 0.136. The van der Waals surface area contributed by atoms with Crippen LogP contribution in [0.15, 0.2) is 70.6 Å². The second kappa shape index (κ2) is 6.85. The minimum absolute atomic E-state index is 0.337. The Bertz CT molecular complexity index is 1160. The maximum absolute atomic E-state index is 11.6. The summed E-state index contributed by atoms with van der Waals surface area (Å²) >= 11 is 0. The molecule has 5 rings (SSSR count). The van der Waals surface area contributed by atoms with Gasteiger partial charge in [0, 0.05) is 12.8 Å². The SMILES string of the molecule is O=P(O)(O)Cc1cc(C2=Nc3ccccc3C2)nc(C2=Nc3ccccc3C2)c1. The highest BCUT2D eigenvalue weighted by Gasteiger charge is 2.23. The van der Waals surface area contributed by atoms with Crippen LogP contribution in [0, 0.1) is 0 Å². The summed E-state index contributed by atoms with van der Waals surface area (Å²) < 4.78 is 11.6. The van der Waals surface area contributed by atoms with E-state index in [2.05, 4.69) is 9.98 Å². The van der Waals surface area contributed by atoms with Gasteiger partial charge in [0.1, 0.15) is 0 Å². The second-order valence-corrected chi connectivity index (χ2v) is 8.94. The van der Waals surface area contributed by atoms with Crippen molar-refractivity contribution in [3.8, 4) is 0 Å². The average Bonchev–Trinajstić information content (AvgIpc) is 3.30. The summed E-state index contributed by atoms with van der Waals surface area (Å²) in [4.78, 5) is 33.1. The molecule has 2 aliphatic rings. The first-order chi connectivity index (χ1) is 13.9. The summed E-state index contributed by atoms with van der Waals surface area (Å²) in [6.45, 7) is 0. The van der Waals surface area contributed by atoms with Gasteiger partial charge in [-0.1, -0.05) is 36.4 Å². The van der Waals surface area contributed by atoms with Crippen molar-refractivity contribution in [3.05, 3.63) is 88.7 Å². The molecule has 0 bridgehead atoms. The lowest BCUT2D eigenvalue weighted by Crippen LogP contribution is -2.11. The first-order valence-corrected chi connectivity index (χ1v) is 11.1. The lowest BCUT2D eigenvalue weighted by atomic mass is 10.0. The van der Waals surface area contributed by atoms with Crippen LogP contribution in [0.2, 0.25) is 0 Å². The molecule has 0 saturated carbocycles. The van der Waals surface area contributed by atoms with Crippen molar-refractivity contribution >= 4 is 30.4 Å². The zero-order chi connectivity index (χ0) is 20.0. The van der Waals surface area contributed by atoms with Crippen molar-refractivity contribution in [2.75, 3.05) is 0 Å². The second-order valence-electron chi connectivity index (χ2n) is 7.30. The number of aliphatic imine (C=N–C) groups is 2. The van der Waals surface area contributed by atoms with Crippen molar-refractivity contribution in [2.45, 2.75) is 19.0 Å². The molecular weight excluding hydrogens is 385 g/mol. The summed E-state index contributed by atoms with van der Waals surface area (Å²) in [5.41, 5.74) is 7.49. The van der Waals surface area contributed by atoms with Crippen LogP contribution in [0.3, 0.4) is 0 Å². The van der Waals surface area contributed by atoms with Crippen LogP contribution in [0.4, 0.5) is 11.4 Å². The lowest BCUT2D eigenvalue weighted by Gasteiger charge is -2.10. The van der Waals surface area contributed by atoms with E-state index in [1.54, 1.807) is 12.1 Å². The van der Waals surface area contributed by atoms with Crippen molar-refractivity contribution < 1.29 is 14.4 Å². The van der Waals surface area contributed by atoms with E-state index in [-0.39, 0.29) is 6.16 Å². The predicted molar refractivity (Wildman–Crippen MR) is 113 cm³/mol. The molecule has 0 unspecified atom stereocenters. The Morgan fingerprint density at radius 1 is 0.793 bits per heavy atom. The maximum atomic E-state index is 11.6. The fourth-order valence-corrected chi connectivity index (χ4v) is 4.44. The summed E-state index contributed by atoms with van der Waals surface area (Å²) in [6.07, 6.45) is 0.958. The van der Waals surface area contributed by atoms with E-state index in [0.29, 0.717) is 29.8 Å². The van der Waals surface area contributed by atoms with Crippen molar-refractivity contribution in [1.29, 1.82) is 0 Å². The van der Waals surface area contributed by atoms with E-state index in [4.69, 9.17) is 4.98 Å². The number of nitrogens with zero attached hydrogens (tertiary/aromatic N) is 3. The van der Waals surface area contributed by atoms with Crippen LogP contribution in [0.25, 0.3) is 0 Å². The first-order valence-electron chi connectivity index (χ1n) is 9.32. The molecule has 0 radical (unpaired) electrons. The molecular formula is C22H18N3O3P. The number of benzene rings is 2. The molecule has 0 atom stereocenters. The molecule has 0 spiro atoms. The molecule has 1 aromatic heterocycles. The molecule has 0 amide bonds. The molecule has 6 nitrogen and oxygen atoms in total. The van der Waals surface area contributed by atoms with Crippen LogP contribution < -0.4 is 0 Å². The fourth-order valence-electron chi connectivity index (χ4n) is 3.78. The minimum atomic E-state index is -4.22. The third-order valence-electron chi connectivity index (χ3n) is 5.07. The number of fused-ring (bicyclic) bond motifs is 2. The number of hydrogen-bond acceptors (Lipinski definition) is 4. The zero-order valence-corrected chi connectivity index (χ0v) is 16.4. The Morgan fingerprint density at radius 3 is 1.72 bits per heavy atom. The minimum Gasteiger partial charge on any atom is -0.324 e. The van der Waals surface area contributed by atoms with E-state index in [1.807, 2.05) is 48.5 Å². The predicted octanol–water partition coefficient (Wildman–Crippen LogP) is 4.11. The van der Waals surface area contributed by atoms with Gasteiger partial charge in [0.15, 0.2) is 0 Å². The Morgan fingerprint density at radius 2 is 1.28 bits per heavy atom. The van der Waals surface area contributed by atoms with E-state index in [1.165, 1.54) is 0 Å². The van der Waals surface area contributed by atoms with Gasteiger partial charge in [-0.25, -0.2) is 4.98 Å². The van der Waals surface area contributed by atoms with Crippen molar-refractivity contribution in [3.63, 3.8) is 0 Å². The first kappa shape index (κ1) is 18.1. The summed E-state index contributed by atoms with van der Waals surface area (Å²) in [5.74, 6) is 0. The van der Waals surface area contributed by atoms with E-state index in [9.17, 15) is 14.4 Å². The number of aromatic nitrogens is 1. The highest BCUT2D eigenvalue weighted by atomic mass is 31.2. The van der Waals surface area contributed by atoms with E-state index in [0.717, 1.165) is 33.9 Å². The zero-order valence-electron chi connectivity index (χ0n) is 15.5. The lowest BCUT2D eigenvalue weighted by molar-refractivity contribution is 0.371. The number of pyridine rings is 1. The standard InChI is InChI=1S/C22H18N3O3P/c26-29(27,28)13-14-9-19(21-11-15-5-1-3-7-17(15)23-21)25-20(10-14)22-12-16-6-2-4-8-18(16)24-22/h1-10H,11-13H2,(H2,26,27,28). The van der Waals surface area contributed by atoms with Gasteiger partial charge in [-0.05, 0) is 41.0 Å². The van der Waals surface area contributed by atoms with E-state index >= 15 is 0 Å². The number of rotatable bonds is 4. The van der Waals surface area contributed by atoms with Gasteiger partial charge in [0.05, 0.1) is 40.3 Å². The third kappa shape index (κ3) is 3.70. The van der Waals surface area contributed by atoms with E-state index < -0.39 is 7.60 Å². The smallest absolute Gasteiger partial charge is 0.324 e. The van der Waals surface area contributed by atoms with Gasteiger partial charge in [0.2, 0.25) is 0 Å². The molecule has 0 saturated heterocycles. The summed E-state index contributed by atoms with van der Waals surface area (Å²) in [7, 11) is -4.22. The Balaban J connectivity index is 1.57. The third-order valence-corrected chi connectivity index (χ3v) is 5.85. The van der Waals surface area contributed by atoms with Gasteiger partial charge in [0.25, 0.3) is 0 Å². The van der Waals surface area contributed by atoms with Gasteiger partial charge in [-0.2, -0.15) is 0 Å². The molecule has 2 aliphatic heterocycles. The molecule has 3 heterocycles. The van der Waals surface area contributed by atoms with Crippen LogP contribution >= 0.6 is 7.60 Å². The van der Waals surface area contributed by atoms with Crippen LogP contribution in [-0.2, 0) is 23.6 Å². The van der Waals surface area contributed by atoms with Crippen molar-refractivity contribution in [2.24, 2.45) is 9.98 Å². The Labute approximate surface area is 167 Å². The Hall–Kier alpha value is -2.92. The van der Waals surface area contributed by atoms with Gasteiger partial charge in [-0.15, -0.1) is 0 Å². The van der Waals surface area contributed by atoms with Crippen LogP contribution in [-0.4, -0.2) is 26.2 Å². The highest BCUT2D eigenvalue weighted by molar-refractivity contribution is 7.50. The largest absolute Gasteiger partial charge is 0.329 e.